The Morgan fingerprint density at radius 2 is 1.82 bits per heavy atom. The molecule has 0 aromatic carbocycles. The van der Waals surface area contributed by atoms with Gasteiger partial charge < -0.3 is 9.16 Å². The van der Waals surface area contributed by atoms with Gasteiger partial charge >= 0.3 is 0 Å². The lowest BCUT2D eigenvalue weighted by Crippen LogP contribution is -2.25. The molecule has 0 fully saturated rings. The Kier molecular flexibility index (Phi) is 5.52. The minimum Gasteiger partial charge on any atom is -0.544 e. The number of hydrogen-bond acceptors (Lipinski definition) is 2. The molecule has 0 spiro atoms. The van der Waals surface area contributed by atoms with Crippen LogP contribution in [0.2, 0.25) is 19.6 Å². The van der Waals surface area contributed by atoms with Gasteiger partial charge in [-0.15, -0.1) is 0 Å². The molecule has 0 aliphatic heterocycles. The number of hydrogen-bond donors (Lipinski definition) is 0. The lowest BCUT2D eigenvalue weighted by molar-refractivity contribution is 0.237. The van der Waals surface area contributed by atoms with Crippen LogP contribution in [0.5, 0.6) is 0 Å². The van der Waals surface area contributed by atoms with Crippen molar-refractivity contribution in [3.8, 4) is 0 Å². The smallest absolute Gasteiger partial charge is 0.242 e. The zero-order valence-electron chi connectivity index (χ0n) is 14.0. The van der Waals surface area contributed by atoms with E-state index in [0.717, 1.165) is 45.6 Å². The van der Waals surface area contributed by atoms with Gasteiger partial charge in [0, 0.05) is 40.5 Å². The van der Waals surface area contributed by atoms with Crippen molar-refractivity contribution in [2.24, 2.45) is 0 Å². The van der Waals surface area contributed by atoms with Gasteiger partial charge in [-0.25, -0.2) is 0 Å². The topological polar surface area (TPSA) is 18.5 Å². The monoisotopic (exact) mass is 358 g/mol. The highest BCUT2D eigenvalue weighted by atomic mass is 35.5. The Bertz CT molecular complexity index is 592. The van der Waals surface area contributed by atoms with Crippen molar-refractivity contribution < 1.29 is 9.16 Å². The van der Waals surface area contributed by atoms with Crippen molar-refractivity contribution in [1.29, 1.82) is 0 Å². The van der Waals surface area contributed by atoms with Crippen molar-refractivity contribution in [2.75, 3.05) is 6.61 Å². The maximum Gasteiger partial charge on any atom is 0.242 e. The van der Waals surface area contributed by atoms with E-state index in [-0.39, 0.29) is 0 Å². The average Bonchev–Trinajstić information content (AvgIpc) is 2.85. The first kappa shape index (κ1) is 17.7. The second kappa shape index (κ2) is 6.86. The fraction of sp³-hybridized carbons (Fsp3) is 0.529. The van der Waals surface area contributed by atoms with Crippen LogP contribution in [0.1, 0.15) is 33.1 Å². The Hall–Kier alpha value is -0.643. The quantitative estimate of drug-likeness (QED) is 0.525. The second-order valence-electron chi connectivity index (χ2n) is 6.65. The first-order valence-corrected chi connectivity index (χ1v) is 11.9. The Morgan fingerprint density at radius 1 is 1.14 bits per heavy atom. The minimum atomic E-state index is -1.69. The highest BCUT2D eigenvalue weighted by molar-refractivity contribution is 6.70. The third kappa shape index (κ3) is 4.00. The number of rotatable bonds is 6. The molecule has 0 N–H and O–H groups in total. The highest BCUT2D eigenvalue weighted by Crippen LogP contribution is 2.43. The molecule has 2 aliphatic rings. The summed E-state index contributed by atoms with van der Waals surface area (Å²) >= 11 is 12.9. The summed E-state index contributed by atoms with van der Waals surface area (Å²) in [6.45, 7) is 11.3. The maximum atomic E-state index is 6.50. The summed E-state index contributed by atoms with van der Waals surface area (Å²) < 4.78 is 12.0. The highest BCUT2D eigenvalue weighted by Gasteiger charge is 2.30. The normalized spacial score (nSPS) is 19.3. The van der Waals surface area contributed by atoms with Crippen LogP contribution in [0.15, 0.2) is 44.4 Å². The molecule has 0 bridgehead atoms. The first-order valence-electron chi connectivity index (χ1n) is 7.70. The zero-order valence-corrected chi connectivity index (χ0v) is 16.5. The predicted octanol–water partition coefficient (Wildman–Crippen LogP) is 6.22. The molecular weight excluding hydrogens is 335 g/mol. The van der Waals surface area contributed by atoms with Gasteiger partial charge in [-0.1, -0.05) is 23.2 Å². The molecule has 2 aliphatic carbocycles. The summed E-state index contributed by atoms with van der Waals surface area (Å²) in [4.78, 5) is 0. The van der Waals surface area contributed by atoms with E-state index in [1.807, 2.05) is 13.0 Å². The molecule has 122 valence electrons. The molecule has 0 saturated carbocycles. The van der Waals surface area contributed by atoms with Crippen molar-refractivity contribution in [3.63, 3.8) is 0 Å². The van der Waals surface area contributed by atoms with E-state index in [1.54, 1.807) is 0 Å². The summed E-state index contributed by atoms with van der Waals surface area (Å²) in [6, 6.07) is 0. The number of ether oxygens (including phenoxy) is 1. The molecule has 0 atom stereocenters. The SMILES string of the molecule is CCOC1=CCC(Cl)=C1CC1=C(Cl)CC(C)=C1O[Si](C)(C)C. The molecule has 22 heavy (non-hydrogen) atoms. The molecule has 0 heterocycles. The zero-order chi connectivity index (χ0) is 16.5. The third-order valence-electron chi connectivity index (χ3n) is 3.56. The summed E-state index contributed by atoms with van der Waals surface area (Å²) in [7, 11) is -1.69. The van der Waals surface area contributed by atoms with Gasteiger partial charge in [0.15, 0.2) is 0 Å². The van der Waals surface area contributed by atoms with E-state index >= 15 is 0 Å². The summed E-state index contributed by atoms with van der Waals surface area (Å²) in [5.74, 6) is 1.87. The largest absolute Gasteiger partial charge is 0.544 e. The number of allylic oxidation sites excluding steroid dienone is 6. The van der Waals surface area contributed by atoms with Crippen LogP contribution in [-0.2, 0) is 9.16 Å². The lowest BCUT2D eigenvalue weighted by atomic mass is 10.0. The van der Waals surface area contributed by atoms with E-state index in [1.165, 1.54) is 5.57 Å². The Morgan fingerprint density at radius 3 is 2.41 bits per heavy atom. The molecular formula is C17H24Cl2O2Si. The Balaban J connectivity index is 2.26. The van der Waals surface area contributed by atoms with E-state index in [9.17, 15) is 0 Å². The fourth-order valence-electron chi connectivity index (χ4n) is 2.66. The van der Waals surface area contributed by atoms with Crippen molar-refractivity contribution in [1.82, 2.24) is 0 Å². The van der Waals surface area contributed by atoms with Gasteiger partial charge in [-0.3, -0.25) is 0 Å². The first-order chi connectivity index (χ1) is 10.2. The molecule has 2 nitrogen and oxygen atoms in total. The van der Waals surface area contributed by atoms with E-state index in [2.05, 4.69) is 26.6 Å². The molecule has 5 heteroatoms. The Labute approximate surface area is 144 Å². The maximum absolute atomic E-state index is 6.50. The molecule has 0 unspecified atom stereocenters. The number of halogens is 2. The van der Waals surface area contributed by atoms with E-state index < -0.39 is 8.32 Å². The van der Waals surface area contributed by atoms with Gasteiger partial charge in [0.1, 0.15) is 11.5 Å². The van der Waals surface area contributed by atoms with Crippen LogP contribution in [0, 0.1) is 0 Å². The predicted molar refractivity (Wildman–Crippen MR) is 96.4 cm³/mol. The fourth-order valence-corrected chi connectivity index (χ4v) is 4.16. The minimum absolute atomic E-state index is 0.638. The molecule has 0 aromatic rings. The summed E-state index contributed by atoms with van der Waals surface area (Å²) in [6.07, 6.45) is 4.24. The van der Waals surface area contributed by atoms with Crippen molar-refractivity contribution in [3.05, 3.63) is 44.4 Å². The molecule has 0 amide bonds. The van der Waals surface area contributed by atoms with Crippen LogP contribution < -0.4 is 0 Å². The van der Waals surface area contributed by atoms with Gasteiger partial charge in [0.2, 0.25) is 8.32 Å². The van der Waals surface area contributed by atoms with E-state index in [4.69, 9.17) is 32.4 Å². The van der Waals surface area contributed by atoms with Crippen molar-refractivity contribution in [2.45, 2.75) is 52.8 Å². The van der Waals surface area contributed by atoms with Crippen LogP contribution in [0.4, 0.5) is 0 Å². The molecule has 0 radical (unpaired) electrons. The van der Waals surface area contributed by atoms with Gasteiger partial charge in [0.25, 0.3) is 0 Å². The standard InChI is InChI=1S/C17H24Cl2O2Si/c1-6-20-16-8-7-14(18)12(16)10-13-15(19)9-11(2)17(13)21-22(3,4)5/h8H,6-7,9-10H2,1-5H3. The molecule has 0 aromatic heterocycles. The average molecular weight is 359 g/mol. The third-order valence-corrected chi connectivity index (χ3v) is 5.12. The molecule has 0 saturated heterocycles. The summed E-state index contributed by atoms with van der Waals surface area (Å²) in [5, 5.41) is 1.71. The van der Waals surface area contributed by atoms with Crippen LogP contribution in [-0.4, -0.2) is 14.9 Å². The van der Waals surface area contributed by atoms with Gasteiger partial charge in [-0.2, -0.15) is 0 Å². The van der Waals surface area contributed by atoms with Crippen LogP contribution in [0.25, 0.3) is 0 Å². The van der Waals surface area contributed by atoms with Gasteiger partial charge in [0.05, 0.1) is 6.61 Å². The van der Waals surface area contributed by atoms with Crippen LogP contribution in [0.3, 0.4) is 0 Å². The van der Waals surface area contributed by atoms with Crippen molar-refractivity contribution >= 4 is 31.5 Å². The van der Waals surface area contributed by atoms with E-state index in [0.29, 0.717) is 13.0 Å². The lowest BCUT2D eigenvalue weighted by Gasteiger charge is -2.24. The van der Waals surface area contributed by atoms with Gasteiger partial charge in [-0.05, 0) is 45.1 Å². The second-order valence-corrected chi connectivity index (χ2v) is 12.0. The van der Waals surface area contributed by atoms with Crippen LogP contribution >= 0.6 is 23.2 Å². The molecule has 2 rings (SSSR count). The summed E-state index contributed by atoms with van der Waals surface area (Å²) in [5.41, 5.74) is 3.32.